The number of rotatable bonds is 10. The van der Waals surface area contributed by atoms with Crippen molar-refractivity contribution >= 4 is 17.8 Å². The summed E-state index contributed by atoms with van der Waals surface area (Å²) in [6.07, 6.45) is 6.12. The van der Waals surface area contributed by atoms with Crippen molar-refractivity contribution in [1.82, 2.24) is 30.8 Å². The fraction of sp³-hybridized carbons (Fsp3) is 0.462. The molecule has 11 nitrogen and oxygen atoms in total. The summed E-state index contributed by atoms with van der Waals surface area (Å²) >= 11 is 0. The molecule has 0 aliphatic heterocycles. The van der Waals surface area contributed by atoms with Crippen molar-refractivity contribution < 1.29 is 23.5 Å². The van der Waals surface area contributed by atoms with Crippen molar-refractivity contribution in [1.29, 1.82) is 0 Å². The first kappa shape index (κ1) is 24.7. The lowest BCUT2D eigenvalue weighted by Gasteiger charge is -2.18. The second-order valence-electron chi connectivity index (χ2n) is 10.0. The van der Waals surface area contributed by atoms with Gasteiger partial charge in [-0.15, -0.1) is 0 Å². The minimum absolute atomic E-state index is 0.0362. The quantitative estimate of drug-likeness (QED) is 0.355. The van der Waals surface area contributed by atoms with Gasteiger partial charge in [-0.25, -0.2) is 14.8 Å². The Balaban J connectivity index is 1.28. The molecule has 2 saturated carbocycles. The van der Waals surface area contributed by atoms with Crippen molar-refractivity contribution in [3.05, 3.63) is 42.0 Å². The van der Waals surface area contributed by atoms with Crippen LogP contribution in [0.2, 0.25) is 0 Å². The normalized spacial score (nSPS) is 16.0. The lowest BCUT2D eigenvalue weighted by molar-refractivity contribution is -0.144. The fourth-order valence-corrected chi connectivity index (χ4v) is 4.38. The Labute approximate surface area is 213 Å². The molecular weight excluding hydrogens is 476 g/mol. The van der Waals surface area contributed by atoms with Crippen molar-refractivity contribution in [3.8, 4) is 22.8 Å². The predicted molar refractivity (Wildman–Crippen MR) is 132 cm³/mol. The van der Waals surface area contributed by atoms with Crippen LogP contribution in [0.1, 0.15) is 60.7 Å². The Bertz CT molecular complexity index is 1290. The maximum atomic E-state index is 12.8. The Kier molecular flexibility index (Phi) is 6.77. The van der Waals surface area contributed by atoms with Gasteiger partial charge in [0.1, 0.15) is 6.04 Å². The van der Waals surface area contributed by atoms with Crippen LogP contribution < -0.4 is 10.6 Å². The average molecular weight is 507 g/mol. The summed E-state index contributed by atoms with van der Waals surface area (Å²) in [5.74, 6) is 0.371. The number of benzene rings is 1. The molecule has 0 bridgehead atoms. The molecular formula is C26H30N6O5. The Morgan fingerprint density at radius 3 is 2.41 bits per heavy atom. The third kappa shape index (κ3) is 5.55. The molecule has 2 fully saturated rings. The molecule has 11 heteroatoms. The third-order valence-electron chi connectivity index (χ3n) is 6.76. The number of amides is 2. The molecule has 0 saturated heterocycles. The van der Waals surface area contributed by atoms with Gasteiger partial charge < -0.3 is 19.8 Å². The van der Waals surface area contributed by atoms with Crippen molar-refractivity contribution in [3.63, 3.8) is 0 Å². The summed E-state index contributed by atoms with van der Waals surface area (Å²) in [6, 6.07) is 6.55. The number of aromatic nitrogens is 4. The number of aromatic amines is 1. The zero-order valence-electron chi connectivity index (χ0n) is 21.0. The Morgan fingerprint density at radius 1 is 1.05 bits per heavy atom. The number of carbonyl (C=O) groups excluding carboxylic acids is 3. The molecule has 1 atom stereocenters. The second kappa shape index (κ2) is 10.2. The van der Waals surface area contributed by atoms with E-state index in [1.54, 1.807) is 38.1 Å². The standard InChI is InChI=1S/C26H30N6O5/c1-13(2)19(26(35)36-3)28-24(34)22-30-21(31-32-22)16-5-4-6-17(11-16)25-27-12-18(37-25)23(33)29-20(14-7-8-14)15-9-10-15/h4-6,11-15,19-20H,7-10H2,1-3H3,(H,28,34)(H,29,33)(H,30,31,32). The fourth-order valence-electron chi connectivity index (χ4n) is 4.38. The zero-order chi connectivity index (χ0) is 26.1. The molecule has 2 heterocycles. The molecule has 0 spiro atoms. The lowest BCUT2D eigenvalue weighted by atomic mass is 10.0. The minimum Gasteiger partial charge on any atom is -0.467 e. The summed E-state index contributed by atoms with van der Waals surface area (Å²) in [4.78, 5) is 45.9. The van der Waals surface area contributed by atoms with Crippen molar-refractivity contribution in [2.75, 3.05) is 7.11 Å². The van der Waals surface area contributed by atoms with Crippen LogP contribution in [0.5, 0.6) is 0 Å². The van der Waals surface area contributed by atoms with Gasteiger partial charge in [0.25, 0.3) is 11.8 Å². The number of nitrogens with zero attached hydrogens (tertiary/aromatic N) is 3. The minimum atomic E-state index is -0.811. The number of nitrogens with one attached hydrogen (secondary N) is 3. The van der Waals surface area contributed by atoms with Gasteiger partial charge in [-0.3, -0.25) is 14.7 Å². The molecule has 2 amide bonds. The van der Waals surface area contributed by atoms with Crippen LogP contribution in [0.3, 0.4) is 0 Å². The van der Waals surface area contributed by atoms with Crippen LogP contribution >= 0.6 is 0 Å². The molecule has 194 valence electrons. The van der Waals surface area contributed by atoms with E-state index >= 15 is 0 Å². The predicted octanol–water partition coefficient (Wildman–Crippen LogP) is 2.97. The van der Waals surface area contributed by atoms with Crippen LogP contribution in [0.25, 0.3) is 22.8 Å². The van der Waals surface area contributed by atoms with E-state index < -0.39 is 17.9 Å². The topological polar surface area (TPSA) is 152 Å². The first-order valence-corrected chi connectivity index (χ1v) is 12.5. The van der Waals surface area contributed by atoms with Gasteiger partial charge in [-0.2, -0.15) is 5.10 Å². The highest BCUT2D eigenvalue weighted by molar-refractivity contribution is 5.94. The van der Waals surface area contributed by atoms with Crippen LogP contribution in [-0.4, -0.2) is 57.1 Å². The summed E-state index contributed by atoms with van der Waals surface area (Å²) in [6.45, 7) is 3.60. The van der Waals surface area contributed by atoms with Crippen LogP contribution in [0.4, 0.5) is 0 Å². The number of oxazole rings is 1. The first-order valence-electron chi connectivity index (χ1n) is 12.5. The van der Waals surface area contributed by atoms with Gasteiger partial charge in [-0.1, -0.05) is 26.0 Å². The number of carbonyl (C=O) groups is 3. The number of methoxy groups -OCH3 is 1. The van der Waals surface area contributed by atoms with Gasteiger partial charge in [0.2, 0.25) is 17.5 Å². The number of esters is 1. The van der Waals surface area contributed by atoms with E-state index in [-0.39, 0.29) is 35.3 Å². The largest absolute Gasteiger partial charge is 0.467 e. The summed E-state index contributed by atoms with van der Waals surface area (Å²) in [5.41, 5.74) is 1.26. The maximum absolute atomic E-state index is 12.8. The average Bonchev–Trinajstić information content (AvgIpc) is 3.82. The molecule has 3 aromatic rings. The van der Waals surface area contributed by atoms with Gasteiger partial charge in [0.15, 0.2) is 5.82 Å². The van der Waals surface area contributed by atoms with Gasteiger partial charge in [0, 0.05) is 17.2 Å². The van der Waals surface area contributed by atoms with Crippen LogP contribution in [0.15, 0.2) is 34.9 Å². The van der Waals surface area contributed by atoms with Crippen molar-refractivity contribution in [2.24, 2.45) is 17.8 Å². The molecule has 1 aromatic carbocycles. The molecule has 2 aliphatic carbocycles. The molecule has 2 aliphatic rings. The highest BCUT2D eigenvalue weighted by atomic mass is 16.5. The van der Waals surface area contributed by atoms with Crippen LogP contribution in [-0.2, 0) is 9.53 Å². The van der Waals surface area contributed by atoms with E-state index in [9.17, 15) is 14.4 Å². The van der Waals surface area contributed by atoms with Crippen molar-refractivity contribution in [2.45, 2.75) is 51.6 Å². The molecule has 1 unspecified atom stereocenters. The second-order valence-corrected chi connectivity index (χ2v) is 10.0. The molecule has 37 heavy (non-hydrogen) atoms. The van der Waals surface area contributed by atoms with E-state index in [1.165, 1.54) is 39.0 Å². The number of H-pyrrole nitrogens is 1. The summed E-state index contributed by atoms with van der Waals surface area (Å²) < 4.78 is 10.5. The number of hydrogen-bond donors (Lipinski definition) is 3. The molecule has 0 radical (unpaired) electrons. The molecule has 5 rings (SSSR count). The van der Waals surface area contributed by atoms with E-state index in [4.69, 9.17) is 9.15 Å². The summed E-state index contributed by atoms with van der Waals surface area (Å²) in [7, 11) is 1.27. The van der Waals surface area contributed by atoms with Crippen LogP contribution in [0, 0.1) is 17.8 Å². The molecule has 2 aromatic heterocycles. The monoisotopic (exact) mass is 506 g/mol. The summed E-state index contributed by atoms with van der Waals surface area (Å²) in [5, 5.41) is 12.5. The first-order chi connectivity index (χ1) is 17.8. The maximum Gasteiger partial charge on any atom is 0.328 e. The zero-order valence-corrected chi connectivity index (χ0v) is 21.0. The van der Waals surface area contributed by atoms with Gasteiger partial charge in [-0.05, 0) is 55.6 Å². The van der Waals surface area contributed by atoms with E-state index in [2.05, 4.69) is 30.8 Å². The van der Waals surface area contributed by atoms with Gasteiger partial charge in [0.05, 0.1) is 13.3 Å². The lowest BCUT2D eigenvalue weighted by Crippen LogP contribution is -2.45. The highest BCUT2D eigenvalue weighted by Crippen LogP contribution is 2.44. The Hall–Kier alpha value is -4.02. The van der Waals surface area contributed by atoms with E-state index in [0.29, 0.717) is 28.9 Å². The highest BCUT2D eigenvalue weighted by Gasteiger charge is 2.42. The SMILES string of the molecule is COC(=O)C(NC(=O)c1nc(-c2cccc(-c3ncc(C(=O)NC(C4CC4)C4CC4)o3)c2)n[nH]1)C(C)C. The van der Waals surface area contributed by atoms with E-state index in [0.717, 1.165) is 0 Å². The van der Waals surface area contributed by atoms with E-state index in [1.807, 2.05) is 0 Å². The number of ether oxygens (including phenoxy) is 1. The third-order valence-corrected chi connectivity index (χ3v) is 6.76. The smallest absolute Gasteiger partial charge is 0.328 e. The Morgan fingerprint density at radius 2 is 1.76 bits per heavy atom. The molecule has 3 N–H and O–H groups in total. The van der Waals surface area contributed by atoms with Gasteiger partial charge >= 0.3 is 5.97 Å². The number of hydrogen-bond acceptors (Lipinski definition) is 8.